The van der Waals surface area contributed by atoms with E-state index in [9.17, 15) is 9.50 Å². The lowest BCUT2D eigenvalue weighted by Gasteiger charge is -2.35. The van der Waals surface area contributed by atoms with Gasteiger partial charge in [-0.15, -0.1) is 0 Å². The van der Waals surface area contributed by atoms with Gasteiger partial charge in [0, 0.05) is 19.1 Å². The van der Waals surface area contributed by atoms with Gasteiger partial charge in [0.05, 0.1) is 30.0 Å². The quantitative estimate of drug-likeness (QED) is 0.407. The zero-order valence-corrected chi connectivity index (χ0v) is 18.0. The fourth-order valence-corrected chi connectivity index (χ4v) is 4.69. The molecule has 4 aromatic rings. The second kappa shape index (κ2) is 8.79. The molecule has 0 saturated carbocycles. The molecule has 0 aliphatic carbocycles. The van der Waals surface area contributed by atoms with Crippen LogP contribution in [0, 0.1) is 5.82 Å². The molecule has 10 heteroatoms. The van der Waals surface area contributed by atoms with Gasteiger partial charge in [-0.2, -0.15) is 0 Å². The molecule has 0 amide bonds. The molecular formula is C22H27FN8O. The van der Waals surface area contributed by atoms with E-state index in [4.69, 9.17) is 4.98 Å². The summed E-state index contributed by atoms with van der Waals surface area (Å²) >= 11 is 0. The summed E-state index contributed by atoms with van der Waals surface area (Å²) in [4.78, 5) is 23.1. The second-order valence-corrected chi connectivity index (χ2v) is 8.22. The van der Waals surface area contributed by atoms with E-state index in [1.165, 1.54) is 12.4 Å². The summed E-state index contributed by atoms with van der Waals surface area (Å²) in [5, 5.41) is 12.9. The molecule has 1 aromatic carbocycles. The number of fused-ring (bicyclic) bond motifs is 2. The Labute approximate surface area is 184 Å². The van der Waals surface area contributed by atoms with Gasteiger partial charge >= 0.3 is 0 Å². The Bertz CT molecular complexity index is 1220. The van der Waals surface area contributed by atoms with E-state index >= 15 is 0 Å². The van der Waals surface area contributed by atoms with Crippen LogP contribution in [-0.4, -0.2) is 65.7 Å². The highest BCUT2D eigenvalue weighted by atomic mass is 19.1. The first-order valence-corrected chi connectivity index (χ1v) is 11.1. The molecule has 3 N–H and O–H groups in total. The van der Waals surface area contributed by atoms with Crippen molar-refractivity contribution in [1.29, 1.82) is 0 Å². The van der Waals surface area contributed by atoms with E-state index in [-0.39, 0.29) is 24.5 Å². The summed E-state index contributed by atoms with van der Waals surface area (Å²) in [6, 6.07) is 4.77. The highest BCUT2D eigenvalue weighted by Crippen LogP contribution is 2.33. The number of imidazole rings is 2. The number of hydrogen-bond acceptors (Lipinski definition) is 7. The van der Waals surface area contributed by atoms with Crippen LogP contribution in [0.1, 0.15) is 44.1 Å². The van der Waals surface area contributed by atoms with E-state index < -0.39 is 0 Å². The monoisotopic (exact) mass is 438 g/mol. The lowest BCUT2D eigenvalue weighted by Crippen LogP contribution is -2.39. The summed E-state index contributed by atoms with van der Waals surface area (Å²) in [6.07, 6.45) is 5.85. The van der Waals surface area contributed by atoms with Gasteiger partial charge in [0.2, 0.25) is 0 Å². The number of likely N-dealkylation sites (tertiary alicyclic amines) is 1. The Balaban J connectivity index is 1.57. The topological polar surface area (TPSA) is 108 Å². The summed E-state index contributed by atoms with van der Waals surface area (Å²) in [6.45, 7) is 4.62. The summed E-state index contributed by atoms with van der Waals surface area (Å²) in [5.41, 5.74) is 2.91. The van der Waals surface area contributed by atoms with Crippen LogP contribution in [0.4, 0.5) is 10.2 Å². The Hall–Kier alpha value is -3.11. The summed E-state index contributed by atoms with van der Waals surface area (Å²) in [5.74, 6) is 1.24. The molecule has 1 aliphatic heterocycles. The van der Waals surface area contributed by atoms with Crippen molar-refractivity contribution in [3.8, 4) is 0 Å². The fourth-order valence-electron chi connectivity index (χ4n) is 4.69. The van der Waals surface area contributed by atoms with E-state index in [0.29, 0.717) is 18.0 Å². The van der Waals surface area contributed by atoms with Gasteiger partial charge in [-0.3, -0.25) is 4.90 Å². The van der Waals surface area contributed by atoms with Crippen molar-refractivity contribution in [2.45, 2.75) is 38.3 Å². The van der Waals surface area contributed by atoms with Crippen molar-refractivity contribution in [3.05, 3.63) is 42.5 Å². The van der Waals surface area contributed by atoms with Crippen LogP contribution in [0.25, 0.3) is 22.2 Å². The van der Waals surface area contributed by atoms with Crippen molar-refractivity contribution in [3.63, 3.8) is 0 Å². The average molecular weight is 439 g/mol. The van der Waals surface area contributed by atoms with Crippen LogP contribution in [-0.2, 0) is 0 Å². The van der Waals surface area contributed by atoms with Gasteiger partial charge < -0.3 is 20.0 Å². The number of aromatic amines is 1. The number of nitrogens with zero attached hydrogens (tertiary/aromatic N) is 6. The van der Waals surface area contributed by atoms with Crippen molar-refractivity contribution in [2.75, 3.05) is 31.6 Å². The molecule has 0 radical (unpaired) electrons. The molecule has 168 valence electrons. The number of hydrogen-bond donors (Lipinski definition) is 3. The number of piperidine rings is 1. The van der Waals surface area contributed by atoms with Crippen molar-refractivity contribution in [1.82, 2.24) is 34.4 Å². The fraction of sp³-hybridized carbons (Fsp3) is 0.455. The predicted octanol–water partition coefficient (Wildman–Crippen LogP) is 3.03. The number of benzene rings is 1. The molecular weight excluding hydrogens is 411 g/mol. The molecule has 3 aromatic heterocycles. The second-order valence-electron chi connectivity index (χ2n) is 8.22. The van der Waals surface area contributed by atoms with Crippen molar-refractivity contribution >= 4 is 28.0 Å². The molecule has 0 spiro atoms. The van der Waals surface area contributed by atoms with Crippen LogP contribution < -0.4 is 5.32 Å². The van der Waals surface area contributed by atoms with E-state index in [1.54, 1.807) is 18.5 Å². The van der Waals surface area contributed by atoms with Gasteiger partial charge in [0.15, 0.2) is 11.5 Å². The normalized spacial score (nSPS) is 18.4. The van der Waals surface area contributed by atoms with Crippen LogP contribution in [0.15, 0.2) is 30.9 Å². The van der Waals surface area contributed by atoms with Crippen LogP contribution >= 0.6 is 0 Å². The molecule has 1 unspecified atom stereocenters. The third-order valence-electron chi connectivity index (χ3n) is 6.19. The maximum absolute atomic E-state index is 14.2. The Kier molecular flexibility index (Phi) is 5.71. The Morgan fingerprint density at radius 1 is 1.31 bits per heavy atom. The highest BCUT2D eigenvalue weighted by Gasteiger charge is 2.28. The maximum atomic E-state index is 14.2. The average Bonchev–Trinajstić information content (AvgIpc) is 3.43. The number of aliphatic hydroxyl groups is 1. The maximum Gasteiger partial charge on any atom is 0.182 e. The van der Waals surface area contributed by atoms with E-state index in [1.807, 2.05) is 0 Å². The minimum atomic E-state index is -0.274. The molecule has 5 rings (SSSR count). The lowest BCUT2D eigenvalue weighted by molar-refractivity contribution is 0.142. The zero-order chi connectivity index (χ0) is 22.1. The lowest BCUT2D eigenvalue weighted by atomic mass is 10.0. The number of aliphatic hydroxyl groups excluding tert-OH is 1. The van der Waals surface area contributed by atoms with Crippen LogP contribution in [0.5, 0.6) is 0 Å². The minimum Gasteiger partial charge on any atom is -0.395 e. The van der Waals surface area contributed by atoms with Gasteiger partial charge in [-0.25, -0.2) is 24.3 Å². The molecule has 1 fully saturated rings. The predicted molar refractivity (Wildman–Crippen MR) is 120 cm³/mol. The first-order chi connectivity index (χ1) is 15.7. The molecule has 0 bridgehead atoms. The first kappa shape index (κ1) is 20.8. The van der Waals surface area contributed by atoms with Crippen molar-refractivity contribution < 1.29 is 9.50 Å². The number of β-amino-alcohol motifs (C(OH)–C–C–N with tert-alkyl or cyclic N) is 1. The van der Waals surface area contributed by atoms with Gasteiger partial charge in [0.25, 0.3) is 0 Å². The Morgan fingerprint density at radius 2 is 2.22 bits per heavy atom. The van der Waals surface area contributed by atoms with Gasteiger partial charge in [-0.1, -0.05) is 6.92 Å². The Morgan fingerprint density at radius 3 is 3.06 bits per heavy atom. The molecule has 2 atom stereocenters. The number of halogens is 1. The largest absolute Gasteiger partial charge is 0.395 e. The van der Waals surface area contributed by atoms with Crippen LogP contribution in [0.2, 0.25) is 0 Å². The SMILES string of the molecule is CC[C@H](Nc1ncnc2nc[nH]c12)c1nc2ccc(F)cc2n1C1CCCN(CCO)C1. The standard InChI is InChI=1S/C22H27FN8O/c1-2-16(28-21-19-20(25-12-24-19)26-13-27-21)22-29-17-6-5-14(23)10-18(17)31(22)15-4-3-7-30(11-15)8-9-32/h5-6,10,12-13,15-16,32H,2-4,7-9,11H2,1H3,(H2,24,25,26,27,28)/t15?,16-/m0/s1. The number of rotatable bonds is 7. The number of anilines is 1. The number of aromatic nitrogens is 6. The van der Waals surface area contributed by atoms with Gasteiger partial charge in [-0.05, 0) is 44.0 Å². The minimum absolute atomic E-state index is 0.131. The highest BCUT2D eigenvalue weighted by molar-refractivity contribution is 5.82. The molecule has 9 nitrogen and oxygen atoms in total. The third kappa shape index (κ3) is 3.80. The molecule has 1 saturated heterocycles. The van der Waals surface area contributed by atoms with Gasteiger partial charge in [0.1, 0.15) is 23.5 Å². The molecule has 32 heavy (non-hydrogen) atoms. The third-order valence-corrected chi connectivity index (χ3v) is 6.19. The van der Waals surface area contributed by atoms with Crippen LogP contribution in [0.3, 0.4) is 0 Å². The molecule has 1 aliphatic rings. The van der Waals surface area contributed by atoms with E-state index in [0.717, 1.165) is 54.7 Å². The number of H-pyrrole nitrogens is 1. The summed E-state index contributed by atoms with van der Waals surface area (Å²) < 4.78 is 16.4. The van der Waals surface area contributed by atoms with Crippen molar-refractivity contribution in [2.24, 2.45) is 0 Å². The van der Waals surface area contributed by atoms with E-state index in [2.05, 4.69) is 41.6 Å². The zero-order valence-electron chi connectivity index (χ0n) is 18.0. The molecule has 4 heterocycles. The number of nitrogens with one attached hydrogen (secondary N) is 2. The summed E-state index contributed by atoms with van der Waals surface area (Å²) in [7, 11) is 0. The first-order valence-electron chi connectivity index (χ1n) is 11.1. The smallest absolute Gasteiger partial charge is 0.182 e.